The third-order valence-corrected chi connectivity index (χ3v) is 1.68. The second-order valence-electron chi connectivity index (χ2n) is 3.01. The van der Waals surface area contributed by atoms with Gasteiger partial charge in [0.1, 0.15) is 0 Å². The molecule has 0 bridgehead atoms. The van der Waals surface area contributed by atoms with E-state index in [2.05, 4.69) is 17.6 Å². The van der Waals surface area contributed by atoms with Crippen LogP contribution in [0, 0.1) is 6.92 Å². The minimum Gasteiger partial charge on any atom is -0.529 e. The van der Waals surface area contributed by atoms with Crippen LogP contribution in [-0.4, -0.2) is 39.6 Å². The average Bonchev–Trinajstić information content (AvgIpc) is 2.31. The maximum atomic E-state index is 10.4. The van der Waals surface area contributed by atoms with E-state index in [0.717, 1.165) is 19.4 Å². The van der Waals surface area contributed by atoms with E-state index < -0.39 is 0 Å². The monoisotopic (exact) mass is 319 g/mol. The summed E-state index contributed by atoms with van der Waals surface area (Å²) in [6, 6.07) is 0. The second-order valence-corrected chi connectivity index (χ2v) is 3.01. The normalized spacial score (nSPS) is 8.18. The Hall–Kier alpha value is 0.00390. The Kier molecular flexibility index (Phi) is 27.8. The van der Waals surface area contributed by atoms with Crippen LogP contribution in [0.3, 0.4) is 0 Å². The van der Waals surface area contributed by atoms with Crippen LogP contribution in [0.1, 0.15) is 25.7 Å². The molecule has 0 unspecified atom stereocenters. The summed E-state index contributed by atoms with van der Waals surface area (Å²) in [7, 11) is 3.27. The van der Waals surface area contributed by atoms with Crippen LogP contribution in [-0.2, 0) is 47.0 Å². The third kappa shape index (κ3) is 25.9. The van der Waals surface area contributed by atoms with Gasteiger partial charge in [0.15, 0.2) is 0 Å². The van der Waals surface area contributed by atoms with Gasteiger partial charge in [-0.2, -0.15) is 12.8 Å². The van der Waals surface area contributed by atoms with Gasteiger partial charge in [0, 0.05) is 59.9 Å². The number of methoxy groups -OCH3 is 1. The van der Waals surface area contributed by atoms with Gasteiger partial charge in [0.25, 0.3) is 0 Å². The molecule has 0 heterocycles. The number of carbonyl (C=O) groups is 1. The maximum absolute atomic E-state index is 10.4. The first-order valence-electron chi connectivity index (χ1n) is 5.31. The fourth-order valence-electron chi connectivity index (χ4n) is 0.775. The molecule has 5 nitrogen and oxygen atoms in total. The number of hydrogen-bond donors (Lipinski definition) is 2. The summed E-state index contributed by atoms with van der Waals surface area (Å²) in [6.45, 7) is 4.94. The summed E-state index contributed by atoms with van der Waals surface area (Å²) in [4.78, 5) is 19.9. The summed E-state index contributed by atoms with van der Waals surface area (Å²) in [5.41, 5.74) is 0. The standard InChI is InChI=1S/C6H13O.C5H9N2O2.Y/c1-3-4-5-6-7-2;1-6-5(9)2-3-7-4-8;/h1,3-6H2,2H3;2-3H2,1H3,(H,6,9)(H,7,8);/q2*-1;. The van der Waals surface area contributed by atoms with Crippen LogP contribution in [0.5, 0.6) is 0 Å². The molecule has 0 saturated carbocycles. The SMILES string of the molecule is CNC(=O)CCN[C-]=O.[CH2-]CCCCOC.[Y]. The molecule has 2 amide bonds. The van der Waals surface area contributed by atoms with Crippen molar-refractivity contribution >= 4 is 12.3 Å². The minimum atomic E-state index is -0.0854. The fourth-order valence-corrected chi connectivity index (χ4v) is 0.775. The van der Waals surface area contributed by atoms with Gasteiger partial charge >= 0.3 is 0 Å². The molecule has 0 atom stereocenters. The number of nitrogens with one attached hydrogen (secondary N) is 2. The van der Waals surface area contributed by atoms with Gasteiger partial charge in [0.2, 0.25) is 5.91 Å². The van der Waals surface area contributed by atoms with Gasteiger partial charge in [-0.1, -0.05) is 6.42 Å². The number of amides is 2. The van der Waals surface area contributed by atoms with E-state index in [4.69, 9.17) is 4.74 Å². The molecule has 0 fully saturated rings. The molecule has 17 heavy (non-hydrogen) atoms. The van der Waals surface area contributed by atoms with Crippen molar-refractivity contribution in [2.45, 2.75) is 25.7 Å². The molecule has 0 aromatic heterocycles. The molecule has 0 spiro atoms. The third-order valence-electron chi connectivity index (χ3n) is 1.68. The second kappa shape index (κ2) is 21.3. The molecule has 0 aromatic carbocycles. The Morgan fingerprint density at radius 2 is 2.06 bits per heavy atom. The van der Waals surface area contributed by atoms with Crippen molar-refractivity contribution in [1.82, 2.24) is 10.6 Å². The molecular formula is C11H22N2O3Y-2. The van der Waals surface area contributed by atoms with E-state index in [9.17, 15) is 9.59 Å². The first-order valence-corrected chi connectivity index (χ1v) is 5.31. The molecule has 0 aliphatic carbocycles. The Morgan fingerprint density at radius 3 is 2.47 bits per heavy atom. The summed E-state index contributed by atoms with van der Waals surface area (Å²) in [6.07, 6.45) is 5.15. The summed E-state index contributed by atoms with van der Waals surface area (Å²) in [5, 5.41) is 4.66. The largest absolute Gasteiger partial charge is 0.529 e. The zero-order chi connectivity index (χ0) is 12.6. The predicted molar refractivity (Wildman–Crippen MR) is 63.5 cm³/mol. The predicted octanol–water partition coefficient (Wildman–Crippen LogP) is 0.414. The fraction of sp³-hybridized carbons (Fsp3) is 0.727. The summed E-state index contributed by atoms with van der Waals surface area (Å²) < 4.78 is 4.82. The molecule has 0 aromatic rings. The molecule has 0 saturated heterocycles. The summed E-state index contributed by atoms with van der Waals surface area (Å²) in [5.74, 6) is -0.0854. The van der Waals surface area contributed by atoms with E-state index in [1.807, 2.05) is 0 Å². The van der Waals surface area contributed by atoms with Crippen molar-refractivity contribution in [1.29, 1.82) is 0 Å². The van der Waals surface area contributed by atoms with Crippen molar-refractivity contribution < 1.29 is 47.0 Å². The van der Waals surface area contributed by atoms with Crippen molar-refractivity contribution in [2.75, 3.05) is 27.3 Å². The van der Waals surface area contributed by atoms with Crippen LogP contribution < -0.4 is 10.6 Å². The van der Waals surface area contributed by atoms with E-state index in [0.29, 0.717) is 13.0 Å². The van der Waals surface area contributed by atoms with Gasteiger partial charge in [-0.25, -0.2) is 0 Å². The molecule has 6 heteroatoms. The molecular weight excluding hydrogens is 297 g/mol. The van der Waals surface area contributed by atoms with Crippen LogP contribution in [0.25, 0.3) is 0 Å². The average molecular weight is 319 g/mol. The Balaban J connectivity index is -0.000000224. The first kappa shape index (κ1) is 22.2. The smallest absolute Gasteiger partial charge is 0.221 e. The van der Waals surface area contributed by atoms with Crippen LogP contribution in [0.4, 0.5) is 0 Å². The van der Waals surface area contributed by atoms with Crippen molar-refractivity contribution in [3.63, 3.8) is 0 Å². The van der Waals surface area contributed by atoms with Crippen molar-refractivity contribution in [3.05, 3.63) is 6.92 Å². The zero-order valence-corrected chi connectivity index (χ0v) is 13.6. The van der Waals surface area contributed by atoms with Crippen molar-refractivity contribution in [3.8, 4) is 0 Å². The first-order chi connectivity index (χ1) is 7.72. The molecule has 2 N–H and O–H groups in total. The quantitative estimate of drug-likeness (QED) is 0.387. The van der Waals surface area contributed by atoms with Gasteiger partial charge in [-0.3, -0.25) is 4.79 Å². The van der Waals surface area contributed by atoms with E-state index in [1.54, 1.807) is 14.2 Å². The number of hydrogen-bond acceptors (Lipinski definition) is 3. The van der Waals surface area contributed by atoms with Gasteiger partial charge in [0.05, 0.1) is 0 Å². The molecule has 0 aliphatic rings. The number of unbranched alkanes of at least 4 members (excludes halogenated alkanes) is 2. The molecule has 99 valence electrons. The van der Waals surface area contributed by atoms with Gasteiger partial charge < -0.3 is 27.1 Å². The van der Waals surface area contributed by atoms with Crippen LogP contribution >= 0.6 is 0 Å². The Morgan fingerprint density at radius 1 is 1.41 bits per heavy atom. The van der Waals surface area contributed by atoms with E-state index >= 15 is 0 Å². The number of ether oxygens (including phenoxy) is 1. The number of carbonyl (C=O) groups excluding carboxylic acids is 2. The van der Waals surface area contributed by atoms with Crippen LogP contribution in [0.2, 0.25) is 0 Å². The molecule has 0 aliphatic heterocycles. The van der Waals surface area contributed by atoms with E-state index in [1.165, 1.54) is 12.8 Å². The summed E-state index contributed by atoms with van der Waals surface area (Å²) >= 11 is 0. The minimum absolute atomic E-state index is 0. The van der Waals surface area contributed by atoms with Gasteiger partial charge in [-0.15, -0.1) is 0 Å². The van der Waals surface area contributed by atoms with Gasteiger partial charge in [-0.05, 0) is 13.0 Å². The molecule has 1 radical (unpaired) electrons. The Labute approximate surface area is 129 Å². The topological polar surface area (TPSA) is 67.4 Å². The number of rotatable bonds is 8. The zero-order valence-electron chi connectivity index (χ0n) is 10.8. The van der Waals surface area contributed by atoms with Crippen LogP contribution in [0.15, 0.2) is 0 Å². The molecule has 0 rings (SSSR count). The Bertz CT molecular complexity index is 165. The van der Waals surface area contributed by atoms with E-state index in [-0.39, 0.29) is 38.6 Å². The van der Waals surface area contributed by atoms with Crippen molar-refractivity contribution in [2.24, 2.45) is 0 Å². The maximum Gasteiger partial charge on any atom is 0.221 e.